The summed E-state index contributed by atoms with van der Waals surface area (Å²) in [6.45, 7) is 5.00. The maximum atomic E-state index is 10.7. The van der Waals surface area contributed by atoms with Crippen molar-refractivity contribution in [2.75, 3.05) is 19.6 Å². The van der Waals surface area contributed by atoms with Crippen LogP contribution in [0, 0.1) is 11.3 Å². The molecule has 0 atom stereocenters. The minimum Gasteiger partial charge on any atom is -0.369 e. The number of likely N-dealkylation sites (tertiary alicyclic amines) is 1. The first-order valence-corrected chi connectivity index (χ1v) is 5.60. The molecule has 1 heterocycles. The lowest BCUT2D eigenvalue weighted by Gasteiger charge is -2.53. The molecule has 0 aromatic heterocycles. The molecule has 2 aliphatic rings. The smallest absolute Gasteiger partial charge is 0.231 e. The Morgan fingerprint density at radius 1 is 1.43 bits per heavy atom. The van der Waals surface area contributed by atoms with Gasteiger partial charge in [-0.25, -0.2) is 0 Å². The Kier molecular flexibility index (Phi) is 2.52. The first kappa shape index (κ1) is 9.97. The van der Waals surface area contributed by atoms with Gasteiger partial charge in [-0.1, -0.05) is 19.8 Å². The van der Waals surface area contributed by atoms with Crippen LogP contribution in [0.5, 0.6) is 0 Å². The van der Waals surface area contributed by atoms with Crippen molar-refractivity contribution >= 4 is 5.91 Å². The zero-order valence-corrected chi connectivity index (χ0v) is 8.96. The molecule has 1 saturated heterocycles. The number of rotatable bonds is 2. The maximum Gasteiger partial charge on any atom is 0.231 e. The van der Waals surface area contributed by atoms with Gasteiger partial charge in [0.1, 0.15) is 0 Å². The molecule has 2 rings (SSSR count). The molecular weight excluding hydrogens is 176 g/mol. The van der Waals surface area contributed by atoms with E-state index in [-0.39, 0.29) is 5.91 Å². The van der Waals surface area contributed by atoms with Gasteiger partial charge in [0.05, 0.1) is 6.54 Å². The molecule has 0 aromatic rings. The van der Waals surface area contributed by atoms with Crippen molar-refractivity contribution in [2.24, 2.45) is 17.1 Å². The van der Waals surface area contributed by atoms with Gasteiger partial charge in [-0.2, -0.15) is 0 Å². The fourth-order valence-electron chi connectivity index (χ4n) is 2.93. The van der Waals surface area contributed by atoms with Crippen molar-refractivity contribution in [3.05, 3.63) is 0 Å². The van der Waals surface area contributed by atoms with E-state index in [2.05, 4.69) is 11.8 Å². The third kappa shape index (κ3) is 1.92. The van der Waals surface area contributed by atoms with Crippen LogP contribution in [0.2, 0.25) is 0 Å². The second-order valence-corrected chi connectivity index (χ2v) is 5.29. The monoisotopic (exact) mass is 196 g/mol. The molecule has 2 N–H and O–H groups in total. The normalized spacial score (nSPS) is 27.5. The summed E-state index contributed by atoms with van der Waals surface area (Å²) in [4.78, 5) is 12.9. The van der Waals surface area contributed by atoms with Gasteiger partial charge in [-0.15, -0.1) is 0 Å². The molecule has 0 aromatic carbocycles. The van der Waals surface area contributed by atoms with E-state index in [1.807, 2.05) is 0 Å². The molecule has 3 nitrogen and oxygen atoms in total. The van der Waals surface area contributed by atoms with Crippen molar-refractivity contribution in [3.63, 3.8) is 0 Å². The zero-order chi connectivity index (χ0) is 10.2. The highest BCUT2D eigenvalue weighted by Gasteiger charge is 2.44. The van der Waals surface area contributed by atoms with E-state index >= 15 is 0 Å². The summed E-state index contributed by atoms with van der Waals surface area (Å²) >= 11 is 0. The van der Waals surface area contributed by atoms with Gasteiger partial charge in [0.15, 0.2) is 0 Å². The van der Waals surface area contributed by atoms with Gasteiger partial charge < -0.3 is 5.73 Å². The van der Waals surface area contributed by atoms with Crippen molar-refractivity contribution < 1.29 is 4.79 Å². The van der Waals surface area contributed by atoms with E-state index in [0.717, 1.165) is 19.0 Å². The van der Waals surface area contributed by atoms with Gasteiger partial charge in [-0.3, -0.25) is 9.69 Å². The maximum absolute atomic E-state index is 10.7. The average Bonchev–Trinajstić information content (AvgIpc) is 2.05. The molecule has 14 heavy (non-hydrogen) atoms. The standard InChI is InChI=1S/C11H20N2O/c1-9-2-4-11(5-3-9)7-13(8-11)6-10(12)14/h9H,2-8H2,1H3,(H2,12,14). The molecule has 3 heteroatoms. The number of hydrogen-bond acceptors (Lipinski definition) is 2. The highest BCUT2D eigenvalue weighted by Crippen LogP contribution is 2.45. The minimum absolute atomic E-state index is 0.191. The van der Waals surface area contributed by atoms with Gasteiger partial charge in [-0.05, 0) is 24.2 Å². The zero-order valence-electron chi connectivity index (χ0n) is 8.96. The van der Waals surface area contributed by atoms with Crippen molar-refractivity contribution in [3.8, 4) is 0 Å². The van der Waals surface area contributed by atoms with Crippen molar-refractivity contribution in [2.45, 2.75) is 32.6 Å². The third-order valence-corrected chi connectivity index (χ3v) is 3.83. The summed E-state index contributed by atoms with van der Waals surface area (Å²) in [5, 5.41) is 0. The molecule has 0 radical (unpaired) electrons. The SMILES string of the molecule is CC1CCC2(CC1)CN(CC(N)=O)C2. The van der Waals surface area contributed by atoms with Gasteiger partial charge >= 0.3 is 0 Å². The lowest BCUT2D eigenvalue weighted by Crippen LogP contribution is -2.59. The second kappa shape index (κ2) is 3.54. The predicted octanol–water partition coefficient (Wildman–Crippen LogP) is 0.984. The Bertz CT molecular complexity index is 223. The van der Waals surface area contributed by atoms with E-state index < -0.39 is 0 Å². The van der Waals surface area contributed by atoms with Crippen LogP contribution in [0.3, 0.4) is 0 Å². The van der Waals surface area contributed by atoms with Gasteiger partial charge in [0, 0.05) is 13.1 Å². The summed E-state index contributed by atoms with van der Waals surface area (Å²) in [5.74, 6) is 0.717. The molecule has 2 fully saturated rings. The predicted molar refractivity (Wildman–Crippen MR) is 55.7 cm³/mol. The number of nitrogens with two attached hydrogens (primary N) is 1. The Morgan fingerprint density at radius 2 is 2.00 bits per heavy atom. The summed E-state index contributed by atoms with van der Waals surface area (Å²) < 4.78 is 0. The highest BCUT2D eigenvalue weighted by molar-refractivity contribution is 5.76. The quantitative estimate of drug-likeness (QED) is 0.715. The number of carbonyl (C=O) groups is 1. The fourth-order valence-corrected chi connectivity index (χ4v) is 2.93. The van der Waals surface area contributed by atoms with Gasteiger partial charge in [0.25, 0.3) is 0 Å². The number of carbonyl (C=O) groups excluding carboxylic acids is 1. The van der Waals surface area contributed by atoms with Crippen LogP contribution in [0.1, 0.15) is 32.6 Å². The fraction of sp³-hybridized carbons (Fsp3) is 0.909. The lowest BCUT2D eigenvalue weighted by molar-refractivity contribution is -0.123. The van der Waals surface area contributed by atoms with Crippen LogP contribution in [0.4, 0.5) is 0 Å². The molecule has 1 spiro atoms. The van der Waals surface area contributed by atoms with Crippen LogP contribution in [-0.2, 0) is 4.79 Å². The van der Waals surface area contributed by atoms with Gasteiger partial charge in [0.2, 0.25) is 5.91 Å². The summed E-state index contributed by atoms with van der Waals surface area (Å²) in [5.41, 5.74) is 5.72. The van der Waals surface area contributed by atoms with E-state index in [0.29, 0.717) is 12.0 Å². The van der Waals surface area contributed by atoms with E-state index in [4.69, 9.17) is 5.73 Å². The Balaban J connectivity index is 1.78. The van der Waals surface area contributed by atoms with E-state index in [9.17, 15) is 4.79 Å². The Labute approximate surface area is 85.6 Å². The Hall–Kier alpha value is -0.570. The molecule has 1 aliphatic carbocycles. The number of primary amides is 1. The summed E-state index contributed by atoms with van der Waals surface area (Å²) in [7, 11) is 0. The van der Waals surface area contributed by atoms with Crippen LogP contribution in [0.15, 0.2) is 0 Å². The summed E-state index contributed by atoms with van der Waals surface area (Å²) in [6, 6.07) is 0. The molecule has 1 amide bonds. The van der Waals surface area contributed by atoms with Crippen LogP contribution >= 0.6 is 0 Å². The Morgan fingerprint density at radius 3 is 2.50 bits per heavy atom. The average molecular weight is 196 g/mol. The molecule has 1 saturated carbocycles. The number of amides is 1. The lowest BCUT2D eigenvalue weighted by atomic mass is 9.66. The van der Waals surface area contributed by atoms with E-state index in [1.165, 1.54) is 25.7 Å². The second-order valence-electron chi connectivity index (χ2n) is 5.29. The van der Waals surface area contributed by atoms with E-state index in [1.54, 1.807) is 0 Å². The summed E-state index contributed by atoms with van der Waals surface area (Å²) in [6.07, 6.45) is 5.43. The first-order valence-electron chi connectivity index (χ1n) is 5.60. The molecule has 1 aliphatic heterocycles. The number of hydrogen-bond donors (Lipinski definition) is 1. The third-order valence-electron chi connectivity index (χ3n) is 3.83. The van der Waals surface area contributed by atoms with Crippen LogP contribution in [0.25, 0.3) is 0 Å². The van der Waals surface area contributed by atoms with Crippen molar-refractivity contribution in [1.29, 1.82) is 0 Å². The minimum atomic E-state index is -0.191. The topological polar surface area (TPSA) is 46.3 Å². The molecule has 80 valence electrons. The number of nitrogens with zero attached hydrogens (tertiary/aromatic N) is 1. The largest absolute Gasteiger partial charge is 0.369 e. The van der Waals surface area contributed by atoms with Crippen LogP contribution < -0.4 is 5.73 Å². The van der Waals surface area contributed by atoms with Crippen molar-refractivity contribution in [1.82, 2.24) is 4.90 Å². The molecule has 0 bridgehead atoms. The molecular formula is C11H20N2O. The first-order chi connectivity index (χ1) is 6.60. The molecule has 0 unspecified atom stereocenters. The van der Waals surface area contributed by atoms with Crippen LogP contribution in [-0.4, -0.2) is 30.4 Å². The highest BCUT2D eigenvalue weighted by atomic mass is 16.1.